The average Bonchev–Trinajstić information content (AvgIpc) is 3.21. The Morgan fingerprint density at radius 3 is 2.53 bits per heavy atom. The number of benzene rings is 2. The van der Waals surface area contributed by atoms with Crippen LogP contribution in [0.25, 0.3) is 5.65 Å². The maximum Gasteiger partial charge on any atom is 0.258 e. The molecule has 0 aliphatic heterocycles. The van der Waals surface area contributed by atoms with Gasteiger partial charge >= 0.3 is 0 Å². The van der Waals surface area contributed by atoms with Gasteiger partial charge in [-0.1, -0.05) is 48.5 Å². The molecule has 0 saturated heterocycles. The number of rotatable bonds is 8. The summed E-state index contributed by atoms with van der Waals surface area (Å²) >= 11 is 0. The molecule has 2 heterocycles. The Hall–Kier alpha value is -4.13. The number of nitrogens with one attached hydrogen (secondary N) is 2. The minimum atomic E-state index is -0.243. The fourth-order valence-electron chi connectivity index (χ4n) is 3.38. The summed E-state index contributed by atoms with van der Waals surface area (Å²) in [6, 6.07) is 22.3. The smallest absolute Gasteiger partial charge is 0.258 e. The van der Waals surface area contributed by atoms with Crippen LogP contribution in [0.4, 0.5) is 5.69 Å². The molecule has 7 nitrogen and oxygen atoms in total. The van der Waals surface area contributed by atoms with E-state index in [9.17, 15) is 9.59 Å². The van der Waals surface area contributed by atoms with Gasteiger partial charge in [0.15, 0.2) is 6.61 Å². The standard InChI is InChI=1S/C25H24N4O3/c1-18(19-9-3-2-4-10-19)26-25(31)17-32-22-12-6-5-11-21(22)28-24(30)15-20-16-29-14-8-7-13-23(29)27-20/h2-14,16,18H,15,17H2,1H3,(H,26,31)(H,28,30). The van der Waals surface area contributed by atoms with Gasteiger partial charge < -0.3 is 19.8 Å². The van der Waals surface area contributed by atoms with E-state index in [0.29, 0.717) is 17.1 Å². The third kappa shape index (κ3) is 5.31. The first-order valence-electron chi connectivity index (χ1n) is 10.4. The molecule has 0 fully saturated rings. The molecule has 1 atom stereocenters. The maximum absolute atomic E-state index is 12.6. The Bertz CT molecular complexity index is 1190. The van der Waals surface area contributed by atoms with Crippen LogP contribution in [0.2, 0.25) is 0 Å². The predicted octanol–water partition coefficient (Wildman–Crippen LogP) is 3.77. The lowest BCUT2D eigenvalue weighted by molar-refractivity contribution is -0.123. The first-order chi connectivity index (χ1) is 15.6. The van der Waals surface area contributed by atoms with E-state index in [1.807, 2.05) is 72.2 Å². The monoisotopic (exact) mass is 428 g/mol. The Morgan fingerprint density at radius 1 is 0.969 bits per heavy atom. The molecule has 0 saturated carbocycles. The van der Waals surface area contributed by atoms with Gasteiger partial charge in [-0.3, -0.25) is 9.59 Å². The molecule has 0 aliphatic carbocycles. The number of para-hydroxylation sites is 2. The molecule has 0 radical (unpaired) electrons. The third-order valence-corrected chi connectivity index (χ3v) is 4.95. The minimum Gasteiger partial charge on any atom is -0.482 e. The Morgan fingerprint density at radius 2 is 1.72 bits per heavy atom. The number of amides is 2. The van der Waals surface area contributed by atoms with Crippen molar-refractivity contribution in [3.05, 3.63) is 96.4 Å². The van der Waals surface area contributed by atoms with Gasteiger partial charge in [-0.05, 0) is 36.8 Å². The molecule has 0 spiro atoms. The van der Waals surface area contributed by atoms with Crippen LogP contribution in [-0.4, -0.2) is 27.8 Å². The van der Waals surface area contributed by atoms with Crippen molar-refractivity contribution in [2.75, 3.05) is 11.9 Å². The minimum absolute atomic E-state index is 0.130. The van der Waals surface area contributed by atoms with Gasteiger partial charge in [0.25, 0.3) is 5.91 Å². The third-order valence-electron chi connectivity index (χ3n) is 4.95. The quantitative estimate of drug-likeness (QED) is 0.447. The molecule has 0 bridgehead atoms. The van der Waals surface area contributed by atoms with Gasteiger partial charge in [-0.25, -0.2) is 4.98 Å². The van der Waals surface area contributed by atoms with E-state index in [1.54, 1.807) is 24.3 Å². The molecule has 162 valence electrons. The van der Waals surface area contributed by atoms with Crippen LogP contribution in [0, 0.1) is 0 Å². The second-order valence-corrected chi connectivity index (χ2v) is 7.41. The van der Waals surface area contributed by atoms with E-state index >= 15 is 0 Å². The summed E-state index contributed by atoms with van der Waals surface area (Å²) < 4.78 is 7.56. The van der Waals surface area contributed by atoms with E-state index < -0.39 is 0 Å². The van der Waals surface area contributed by atoms with Gasteiger partial charge in [0.2, 0.25) is 5.91 Å². The fraction of sp³-hybridized carbons (Fsp3) is 0.160. The van der Waals surface area contributed by atoms with E-state index in [2.05, 4.69) is 15.6 Å². The van der Waals surface area contributed by atoms with Crippen molar-refractivity contribution in [2.45, 2.75) is 19.4 Å². The SMILES string of the molecule is CC(NC(=O)COc1ccccc1NC(=O)Cc1cn2ccccc2n1)c1ccccc1. The van der Waals surface area contributed by atoms with Crippen molar-refractivity contribution in [3.63, 3.8) is 0 Å². The predicted molar refractivity (Wildman–Crippen MR) is 122 cm³/mol. The number of hydrogen-bond acceptors (Lipinski definition) is 4. The average molecular weight is 428 g/mol. The molecule has 2 amide bonds. The van der Waals surface area contributed by atoms with Crippen LogP contribution in [0.15, 0.2) is 85.2 Å². The van der Waals surface area contributed by atoms with Crippen LogP contribution in [0.1, 0.15) is 24.2 Å². The molecule has 1 unspecified atom stereocenters. The van der Waals surface area contributed by atoms with Crippen LogP contribution in [0.3, 0.4) is 0 Å². The summed E-state index contributed by atoms with van der Waals surface area (Å²) in [4.78, 5) is 29.3. The maximum atomic E-state index is 12.6. The number of ether oxygens (including phenoxy) is 1. The van der Waals surface area contributed by atoms with Crippen molar-refractivity contribution in [1.82, 2.24) is 14.7 Å². The van der Waals surface area contributed by atoms with Crippen molar-refractivity contribution in [3.8, 4) is 5.75 Å². The van der Waals surface area contributed by atoms with Gasteiger partial charge in [0.05, 0.1) is 23.8 Å². The highest BCUT2D eigenvalue weighted by Crippen LogP contribution is 2.24. The van der Waals surface area contributed by atoms with Gasteiger partial charge in [0.1, 0.15) is 11.4 Å². The second-order valence-electron chi connectivity index (χ2n) is 7.41. The summed E-state index contributed by atoms with van der Waals surface area (Å²) in [7, 11) is 0. The summed E-state index contributed by atoms with van der Waals surface area (Å²) in [5.41, 5.74) is 2.97. The summed E-state index contributed by atoms with van der Waals surface area (Å²) in [5, 5.41) is 5.76. The van der Waals surface area contributed by atoms with E-state index in [-0.39, 0.29) is 30.9 Å². The van der Waals surface area contributed by atoms with Crippen LogP contribution in [-0.2, 0) is 16.0 Å². The van der Waals surface area contributed by atoms with Gasteiger partial charge in [0, 0.05) is 12.4 Å². The normalized spacial score (nSPS) is 11.7. The number of nitrogens with zero attached hydrogens (tertiary/aromatic N) is 2. The lowest BCUT2D eigenvalue weighted by atomic mass is 10.1. The first kappa shape index (κ1) is 21.1. The Balaban J connectivity index is 1.34. The topological polar surface area (TPSA) is 84.7 Å². The molecular formula is C25H24N4O3. The fourth-order valence-corrected chi connectivity index (χ4v) is 3.38. The van der Waals surface area contributed by atoms with Crippen LogP contribution in [0.5, 0.6) is 5.75 Å². The largest absolute Gasteiger partial charge is 0.482 e. The van der Waals surface area contributed by atoms with E-state index in [0.717, 1.165) is 11.2 Å². The molecule has 7 heteroatoms. The highest BCUT2D eigenvalue weighted by atomic mass is 16.5. The van der Waals surface area contributed by atoms with E-state index in [1.165, 1.54) is 0 Å². The zero-order valence-electron chi connectivity index (χ0n) is 17.7. The van der Waals surface area contributed by atoms with Crippen LogP contribution < -0.4 is 15.4 Å². The van der Waals surface area contributed by atoms with Crippen molar-refractivity contribution in [1.29, 1.82) is 0 Å². The lowest BCUT2D eigenvalue weighted by Crippen LogP contribution is -2.31. The number of pyridine rings is 1. The number of aromatic nitrogens is 2. The number of hydrogen-bond donors (Lipinski definition) is 2. The molecule has 2 aromatic heterocycles. The summed E-state index contributed by atoms with van der Waals surface area (Å²) in [5.74, 6) is -0.0304. The highest BCUT2D eigenvalue weighted by molar-refractivity contribution is 5.93. The number of imidazole rings is 1. The Kier molecular flexibility index (Phi) is 6.46. The van der Waals surface area contributed by atoms with Crippen molar-refractivity contribution in [2.24, 2.45) is 0 Å². The molecule has 32 heavy (non-hydrogen) atoms. The zero-order chi connectivity index (χ0) is 22.3. The second kappa shape index (κ2) is 9.78. The first-order valence-corrected chi connectivity index (χ1v) is 10.4. The number of anilines is 1. The molecular weight excluding hydrogens is 404 g/mol. The number of carbonyl (C=O) groups excluding carboxylic acids is 2. The van der Waals surface area contributed by atoms with Gasteiger partial charge in [-0.2, -0.15) is 0 Å². The Labute approximate surface area is 186 Å². The molecule has 4 rings (SSSR count). The number of carbonyl (C=O) groups is 2. The van der Waals surface area contributed by atoms with E-state index in [4.69, 9.17) is 4.74 Å². The summed E-state index contributed by atoms with van der Waals surface area (Å²) in [6.45, 7) is 1.76. The lowest BCUT2D eigenvalue weighted by Gasteiger charge is -2.16. The molecule has 0 aliphatic rings. The summed E-state index contributed by atoms with van der Waals surface area (Å²) in [6.07, 6.45) is 3.84. The molecule has 2 aromatic carbocycles. The van der Waals surface area contributed by atoms with Crippen molar-refractivity contribution < 1.29 is 14.3 Å². The molecule has 4 aromatic rings. The van der Waals surface area contributed by atoms with Crippen LogP contribution >= 0.6 is 0 Å². The molecule has 2 N–H and O–H groups in total. The van der Waals surface area contributed by atoms with Gasteiger partial charge in [-0.15, -0.1) is 0 Å². The zero-order valence-corrected chi connectivity index (χ0v) is 17.7. The number of fused-ring (bicyclic) bond motifs is 1. The van der Waals surface area contributed by atoms with Crippen molar-refractivity contribution >= 4 is 23.1 Å². The highest BCUT2D eigenvalue weighted by Gasteiger charge is 2.13.